The molecular formula is C17H19FN2O4. The Balaban J connectivity index is 1.80. The number of amides is 2. The molecule has 0 saturated carbocycles. The molecule has 0 aliphatic rings. The monoisotopic (exact) mass is 334 g/mol. The van der Waals surface area contributed by atoms with E-state index in [1.807, 2.05) is 0 Å². The molecule has 0 fully saturated rings. The number of para-hydroxylation sites is 1. The number of carbonyl (C=O) groups excluding carboxylic acids is 1. The summed E-state index contributed by atoms with van der Waals surface area (Å²) in [5.41, 5.74) is 0.378. The maximum Gasteiger partial charge on any atom is 0.319 e. The van der Waals surface area contributed by atoms with Gasteiger partial charge in [-0.1, -0.05) is 12.1 Å². The quantitative estimate of drug-likeness (QED) is 0.764. The number of urea groups is 1. The van der Waals surface area contributed by atoms with Gasteiger partial charge in [0, 0.05) is 5.69 Å². The Morgan fingerprint density at radius 1 is 1.08 bits per heavy atom. The molecule has 0 aliphatic carbocycles. The fraction of sp³-hybridized carbons (Fsp3) is 0.235. The fourth-order valence-corrected chi connectivity index (χ4v) is 2.04. The average Bonchev–Trinajstić information content (AvgIpc) is 2.58. The second kappa shape index (κ2) is 8.61. The zero-order valence-corrected chi connectivity index (χ0v) is 13.5. The first kappa shape index (κ1) is 17.4. The third-order valence-corrected chi connectivity index (χ3v) is 3.09. The van der Waals surface area contributed by atoms with Crippen molar-refractivity contribution in [3.8, 4) is 17.2 Å². The molecule has 7 heteroatoms. The van der Waals surface area contributed by atoms with Crippen molar-refractivity contribution in [3.05, 3.63) is 48.3 Å². The number of benzene rings is 2. The highest BCUT2D eigenvalue weighted by molar-refractivity contribution is 5.89. The summed E-state index contributed by atoms with van der Waals surface area (Å²) < 4.78 is 29.0. The lowest BCUT2D eigenvalue weighted by Crippen LogP contribution is -2.32. The van der Waals surface area contributed by atoms with E-state index in [1.165, 1.54) is 25.3 Å². The van der Waals surface area contributed by atoms with Gasteiger partial charge in [-0.2, -0.15) is 0 Å². The minimum absolute atomic E-state index is 0.236. The number of halogens is 1. The molecule has 2 N–H and O–H groups in total. The molecule has 0 aliphatic heterocycles. The van der Waals surface area contributed by atoms with Crippen LogP contribution < -0.4 is 24.8 Å². The molecule has 128 valence electrons. The number of ether oxygens (including phenoxy) is 3. The van der Waals surface area contributed by atoms with Crippen LogP contribution in [0.3, 0.4) is 0 Å². The number of methoxy groups -OCH3 is 2. The summed E-state index contributed by atoms with van der Waals surface area (Å²) in [4.78, 5) is 11.7. The second-order valence-electron chi connectivity index (χ2n) is 4.73. The highest BCUT2D eigenvalue weighted by Gasteiger charge is 2.10. The molecule has 0 heterocycles. The van der Waals surface area contributed by atoms with E-state index in [0.29, 0.717) is 22.9 Å². The molecule has 2 rings (SSSR count). The van der Waals surface area contributed by atoms with E-state index in [2.05, 4.69) is 10.6 Å². The molecule has 0 bridgehead atoms. The van der Waals surface area contributed by atoms with Gasteiger partial charge in [0.15, 0.2) is 11.5 Å². The van der Waals surface area contributed by atoms with Crippen LogP contribution in [0.2, 0.25) is 0 Å². The van der Waals surface area contributed by atoms with Crippen molar-refractivity contribution in [2.75, 3.05) is 32.7 Å². The molecule has 2 aromatic carbocycles. The van der Waals surface area contributed by atoms with Gasteiger partial charge in [0.2, 0.25) is 5.75 Å². The molecule has 0 radical (unpaired) electrons. The zero-order valence-electron chi connectivity index (χ0n) is 13.5. The predicted octanol–water partition coefficient (Wildman–Crippen LogP) is 3.04. The Labute approximate surface area is 139 Å². The summed E-state index contributed by atoms with van der Waals surface area (Å²) >= 11 is 0. The first-order valence-corrected chi connectivity index (χ1v) is 7.28. The van der Waals surface area contributed by atoms with Gasteiger partial charge in [-0.25, -0.2) is 9.18 Å². The molecule has 0 unspecified atom stereocenters. The highest BCUT2D eigenvalue weighted by Crippen LogP contribution is 2.36. The lowest BCUT2D eigenvalue weighted by molar-refractivity contribution is 0.245. The van der Waals surface area contributed by atoms with E-state index < -0.39 is 11.8 Å². The van der Waals surface area contributed by atoms with Gasteiger partial charge in [-0.05, 0) is 30.3 Å². The van der Waals surface area contributed by atoms with Crippen molar-refractivity contribution >= 4 is 11.7 Å². The van der Waals surface area contributed by atoms with Crippen LogP contribution in [0.5, 0.6) is 17.2 Å². The van der Waals surface area contributed by atoms with Gasteiger partial charge in [0.05, 0.1) is 20.8 Å². The summed E-state index contributed by atoms with van der Waals surface area (Å²) in [5.74, 6) is 1.15. The molecule has 2 aromatic rings. The number of nitrogens with one attached hydrogen (secondary N) is 2. The standard InChI is InChI=1S/C17H19FN2O4/c1-22-14-7-4-8-15(16(14)23-2)24-10-9-19-17(21)20-13-6-3-5-12(18)11-13/h3-8,11H,9-10H2,1-2H3,(H2,19,20,21). The summed E-state index contributed by atoms with van der Waals surface area (Å²) in [6, 6.07) is 10.5. The minimum atomic E-state index is -0.443. The molecule has 0 atom stereocenters. The van der Waals surface area contributed by atoms with Crippen molar-refractivity contribution in [2.24, 2.45) is 0 Å². The number of rotatable bonds is 7. The van der Waals surface area contributed by atoms with Crippen LogP contribution in [0.1, 0.15) is 0 Å². The van der Waals surface area contributed by atoms with Crippen molar-refractivity contribution in [1.29, 1.82) is 0 Å². The third kappa shape index (κ3) is 4.77. The van der Waals surface area contributed by atoms with Gasteiger partial charge >= 0.3 is 6.03 Å². The molecule has 6 nitrogen and oxygen atoms in total. The van der Waals surface area contributed by atoms with E-state index in [4.69, 9.17) is 14.2 Å². The molecule has 24 heavy (non-hydrogen) atoms. The summed E-state index contributed by atoms with van der Waals surface area (Å²) in [5, 5.41) is 5.15. The van der Waals surface area contributed by atoms with Crippen LogP contribution in [0.4, 0.5) is 14.9 Å². The number of anilines is 1. The van der Waals surface area contributed by atoms with E-state index >= 15 is 0 Å². The second-order valence-corrected chi connectivity index (χ2v) is 4.73. The maximum atomic E-state index is 13.0. The molecule has 2 amide bonds. The topological polar surface area (TPSA) is 68.8 Å². The van der Waals surface area contributed by atoms with Crippen LogP contribution >= 0.6 is 0 Å². The van der Waals surface area contributed by atoms with E-state index in [-0.39, 0.29) is 13.2 Å². The maximum absolute atomic E-state index is 13.0. The van der Waals surface area contributed by atoms with Crippen LogP contribution in [0.15, 0.2) is 42.5 Å². The normalized spacial score (nSPS) is 9.96. The van der Waals surface area contributed by atoms with Gasteiger partial charge in [0.1, 0.15) is 12.4 Å². The van der Waals surface area contributed by atoms with Gasteiger partial charge in [-0.15, -0.1) is 0 Å². The smallest absolute Gasteiger partial charge is 0.319 e. The van der Waals surface area contributed by atoms with Gasteiger partial charge < -0.3 is 24.8 Å². The van der Waals surface area contributed by atoms with Gasteiger partial charge in [-0.3, -0.25) is 0 Å². The number of hydrogen-bond donors (Lipinski definition) is 2. The Morgan fingerprint density at radius 3 is 2.54 bits per heavy atom. The largest absolute Gasteiger partial charge is 0.493 e. The van der Waals surface area contributed by atoms with Crippen molar-refractivity contribution in [1.82, 2.24) is 5.32 Å². The average molecular weight is 334 g/mol. The summed E-state index contributed by atoms with van der Waals surface area (Å²) in [6.45, 7) is 0.502. The summed E-state index contributed by atoms with van der Waals surface area (Å²) in [7, 11) is 3.06. The minimum Gasteiger partial charge on any atom is -0.493 e. The van der Waals surface area contributed by atoms with E-state index in [0.717, 1.165) is 0 Å². The molecule has 0 saturated heterocycles. The lowest BCUT2D eigenvalue weighted by atomic mass is 10.3. The van der Waals surface area contributed by atoms with Crippen molar-refractivity contribution in [2.45, 2.75) is 0 Å². The third-order valence-electron chi connectivity index (χ3n) is 3.09. The van der Waals surface area contributed by atoms with Crippen LogP contribution in [-0.2, 0) is 0 Å². The first-order valence-electron chi connectivity index (χ1n) is 7.28. The Kier molecular flexibility index (Phi) is 6.24. The Morgan fingerprint density at radius 2 is 1.83 bits per heavy atom. The first-order chi connectivity index (χ1) is 11.6. The predicted molar refractivity (Wildman–Crippen MR) is 88.5 cm³/mol. The fourth-order valence-electron chi connectivity index (χ4n) is 2.04. The van der Waals surface area contributed by atoms with Crippen LogP contribution in [-0.4, -0.2) is 33.4 Å². The van der Waals surface area contributed by atoms with E-state index in [1.54, 1.807) is 31.4 Å². The Bertz CT molecular complexity index is 694. The number of hydrogen-bond acceptors (Lipinski definition) is 4. The summed E-state index contributed by atoms with van der Waals surface area (Å²) in [6.07, 6.45) is 0. The van der Waals surface area contributed by atoms with Crippen molar-refractivity contribution < 1.29 is 23.4 Å². The van der Waals surface area contributed by atoms with E-state index in [9.17, 15) is 9.18 Å². The Hall–Kier alpha value is -2.96. The van der Waals surface area contributed by atoms with Crippen LogP contribution in [0.25, 0.3) is 0 Å². The lowest BCUT2D eigenvalue weighted by Gasteiger charge is -2.14. The van der Waals surface area contributed by atoms with Crippen molar-refractivity contribution in [3.63, 3.8) is 0 Å². The van der Waals surface area contributed by atoms with Gasteiger partial charge in [0.25, 0.3) is 0 Å². The molecular weight excluding hydrogens is 315 g/mol. The molecule has 0 spiro atoms. The molecule has 0 aromatic heterocycles. The highest BCUT2D eigenvalue weighted by atomic mass is 19.1. The van der Waals surface area contributed by atoms with Crippen LogP contribution in [0, 0.1) is 5.82 Å². The SMILES string of the molecule is COc1cccc(OCCNC(=O)Nc2cccc(F)c2)c1OC. The number of carbonyl (C=O) groups is 1. The zero-order chi connectivity index (χ0) is 17.4.